The molecule has 2 heteroatoms. The van der Waals surface area contributed by atoms with E-state index < -0.39 is 6.10 Å². The van der Waals surface area contributed by atoms with Gasteiger partial charge in [0.2, 0.25) is 0 Å². The normalized spacial score (nSPS) is 12.8. The lowest BCUT2D eigenvalue weighted by atomic mass is 9.90. The fraction of sp³-hybridized carbons (Fsp3) is 0.385. The van der Waals surface area contributed by atoms with E-state index in [2.05, 4.69) is 11.2 Å². The van der Waals surface area contributed by atoms with Gasteiger partial charge < -0.3 is 5.11 Å². The maximum Gasteiger partial charge on any atom is 0.120 e. The quantitative estimate of drug-likeness (QED) is 0.579. The second-order valence-corrected chi connectivity index (χ2v) is 5.31. The zero-order chi connectivity index (χ0) is 11.3. The van der Waals surface area contributed by atoms with Crippen LogP contribution in [-0.2, 0) is 0 Å². The molecule has 0 radical (unpaired) electrons. The Kier molecular flexibility index (Phi) is 4.26. The van der Waals surface area contributed by atoms with Crippen LogP contribution in [0.5, 0.6) is 0 Å². The van der Waals surface area contributed by atoms with Crippen LogP contribution in [0.3, 0.4) is 0 Å². The van der Waals surface area contributed by atoms with Crippen LogP contribution >= 0.6 is 11.8 Å². The fourth-order valence-corrected chi connectivity index (χ4v) is 1.43. The zero-order valence-electron chi connectivity index (χ0n) is 9.32. The molecule has 1 aromatic rings. The second-order valence-electron chi connectivity index (χ2n) is 4.43. The SMILES string of the molecule is CC(C)(C)C(O)C#CSc1ccccc1. The van der Waals surface area contributed by atoms with Crippen LogP contribution in [0.25, 0.3) is 0 Å². The van der Waals surface area contributed by atoms with Gasteiger partial charge in [0.05, 0.1) is 0 Å². The van der Waals surface area contributed by atoms with Crippen molar-refractivity contribution in [1.82, 2.24) is 0 Å². The van der Waals surface area contributed by atoms with Gasteiger partial charge in [-0.15, -0.1) is 0 Å². The first-order valence-corrected chi connectivity index (χ1v) is 5.72. The fourth-order valence-electron chi connectivity index (χ4n) is 0.849. The van der Waals surface area contributed by atoms with Gasteiger partial charge in [-0.1, -0.05) is 44.9 Å². The number of aliphatic hydroxyl groups excluding tert-OH is 1. The number of hydrogen-bond donors (Lipinski definition) is 1. The molecule has 1 N–H and O–H groups in total. The maximum atomic E-state index is 9.68. The molecule has 0 aliphatic heterocycles. The maximum absolute atomic E-state index is 9.68. The molecule has 0 saturated carbocycles. The van der Waals surface area contributed by atoms with Gasteiger partial charge in [0.1, 0.15) is 6.10 Å². The third-order valence-corrected chi connectivity index (χ3v) is 2.66. The summed E-state index contributed by atoms with van der Waals surface area (Å²) in [6.07, 6.45) is -0.575. The Balaban J connectivity index is 2.54. The molecule has 1 atom stereocenters. The summed E-state index contributed by atoms with van der Waals surface area (Å²) in [5.74, 6) is 2.84. The van der Waals surface area contributed by atoms with E-state index in [1.165, 1.54) is 11.8 Å². The summed E-state index contributed by atoms with van der Waals surface area (Å²) >= 11 is 1.44. The van der Waals surface area contributed by atoms with Crippen LogP contribution in [0, 0.1) is 16.6 Å². The first-order chi connectivity index (χ1) is 7.00. The van der Waals surface area contributed by atoms with Crippen molar-refractivity contribution in [2.45, 2.75) is 31.8 Å². The highest BCUT2D eigenvalue weighted by molar-refractivity contribution is 8.03. The molecule has 0 fully saturated rings. The highest BCUT2D eigenvalue weighted by Gasteiger charge is 2.19. The van der Waals surface area contributed by atoms with Gasteiger partial charge in [-0.25, -0.2) is 0 Å². The molecule has 1 aromatic carbocycles. The number of thioether (sulfide) groups is 1. The molecular formula is C13H16OS. The molecule has 1 nitrogen and oxygen atoms in total. The van der Waals surface area contributed by atoms with Crippen LogP contribution in [0.2, 0.25) is 0 Å². The van der Waals surface area contributed by atoms with Crippen molar-refractivity contribution < 1.29 is 5.11 Å². The molecule has 0 saturated heterocycles. The van der Waals surface area contributed by atoms with Crippen molar-refractivity contribution in [2.75, 3.05) is 0 Å². The first-order valence-electron chi connectivity index (χ1n) is 4.90. The van der Waals surface area contributed by atoms with Crippen molar-refractivity contribution in [3.05, 3.63) is 30.3 Å². The predicted molar refractivity (Wildman–Crippen MR) is 65.5 cm³/mol. The van der Waals surface area contributed by atoms with Gasteiger partial charge in [0, 0.05) is 4.90 Å². The van der Waals surface area contributed by atoms with Crippen molar-refractivity contribution in [3.8, 4) is 11.2 Å². The Hall–Kier alpha value is -0.910. The van der Waals surface area contributed by atoms with Crippen LogP contribution in [0.15, 0.2) is 35.2 Å². The standard InChI is InChI=1S/C13H16OS/c1-13(2,3)12(14)9-10-15-11-7-5-4-6-8-11/h4-8,12,14H,1-3H3. The van der Waals surface area contributed by atoms with Crippen molar-refractivity contribution >= 4 is 11.8 Å². The highest BCUT2D eigenvalue weighted by Crippen LogP contribution is 2.20. The van der Waals surface area contributed by atoms with Crippen LogP contribution in [-0.4, -0.2) is 11.2 Å². The van der Waals surface area contributed by atoms with Crippen LogP contribution in [0.4, 0.5) is 0 Å². The van der Waals surface area contributed by atoms with Crippen molar-refractivity contribution in [3.63, 3.8) is 0 Å². The van der Waals surface area contributed by atoms with Crippen molar-refractivity contribution in [2.24, 2.45) is 5.41 Å². The van der Waals surface area contributed by atoms with Gasteiger partial charge in [-0.05, 0) is 34.6 Å². The largest absolute Gasteiger partial charge is 0.380 e. The molecule has 0 aromatic heterocycles. The average Bonchev–Trinajstić information content (AvgIpc) is 2.18. The summed E-state index contributed by atoms with van der Waals surface area (Å²) in [5.41, 5.74) is -0.176. The average molecular weight is 220 g/mol. The van der Waals surface area contributed by atoms with Gasteiger partial charge in [-0.3, -0.25) is 0 Å². The molecule has 0 aliphatic carbocycles. The highest BCUT2D eigenvalue weighted by atomic mass is 32.2. The predicted octanol–water partition coefficient (Wildman–Crippen LogP) is 3.15. The summed E-state index contributed by atoms with van der Waals surface area (Å²) in [6.45, 7) is 5.92. The summed E-state index contributed by atoms with van der Waals surface area (Å²) in [4.78, 5) is 1.10. The Morgan fingerprint density at radius 2 is 1.80 bits per heavy atom. The molecule has 0 heterocycles. The third kappa shape index (κ3) is 4.42. The Labute approximate surface area is 95.9 Å². The summed E-state index contributed by atoms with van der Waals surface area (Å²) in [6, 6.07) is 9.93. The minimum absolute atomic E-state index is 0.176. The molecule has 0 aliphatic rings. The Bertz CT molecular complexity index is 354. The van der Waals surface area contributed by atoms with Crippen LogP contribution in [0.1, 0.15) is 20.8 Å². The summed E-state index contributed by atoms with van der Waals surface area (Å²) in [5, 5.41) is 12.6. The smallest absolute Gasteiger partial charge is 0.120 e. The molecule has 0 amide bonds. The monoisotopic (exact) mass is 220 g/mol. The molecule has 0 spiro atoms. The third-order valence-electron chi connectivity index (χ3n) is 1.93. The summed E-state index contributed by atoms with van der Waals surface area (Å²) in [7, 11) is 0. The molecule has 0 bridgehead atoms. The lowest BCUT2D eigenvalue weighted by Crippen LogP contribution is -2.23. The van der Waals surface area contributed by atoms with E-state index >= 15 is 0 Å². The summed E-state index contributed by atoms with van der Waals surface area (Å²) < 4.78 is 0. The number of rotatable bonds is 1. The van der Waals surface area contributed by atoms with Crippen LogP contribution < -0.4 is 0 Å². The van der Waals surface area contributed by atoms with E-state index in [1.807, 2.05) is 51.1 Å². The Morgan fingerprint density at radius 1 is 1.20 bits per heavy atom. The number of aliphatic hydroxyl groups is 1. The zero-order valence-corrected chi connectivity index (χ0v) is 10.1. The van der Waals surface area contributed by atoms with E-state index in [0.29, 0.717) is 0 Å². The van der Waals surface area contributed by atoms with E-state index in [1.54, 1.807) is 0 Å². The minimum Gasteiger partial charge on any atom is -0.380 e. The van der Waals surface area contributed by atoms with Gasteiger partial charge in [-0.2, -0.15) is 0 Å². The van der Waals surface area contributed by atoms with Crippen molar-refractivity contribution in [1.29, 1.82) is 0 Å². The first kappa shape index (κ1) is 12.2. The van der Waals surface area contributed by atoms with Gasteiger partial charge in [0.15, 0.2) is 0 Å². The molecular weight excluding hydrogens is 204 g/mol. The number of benzene rings is 1. The molecule has 15 heavy (non-hydrogen) atoms. The van der Waals surface area contributed by atoms with Gasteiger partial charge in [0.25, 0.3) is 0 Å². The molecule has 1 rings (SSSR count). The molecule has 80 valence electrons. The van der Waals surface area contributed by atoms with E-state index in [0.717, 1.165) is 4.90 Å². The van der Waals surface area contributed by atoms with E-state index in [-0.39, 0.29) is 5.41 Å². The number of hydrogen-bond acceptors (Lipinski definition) is 2. The minimum atomic E-state index is -0.575. The van der Waals surface area contributed by atoms with Gasteiger partial charge >= 0.3 is 0 Å². The lowest BCUT2D eigenvalue weighted by molar-refractivity contribution is 0.114. The van der Waals surface area contributed by atoms with E-state index in [9.17, 15) is 5.11 Å². The topological polar surface area (TPSA) is 20.2 Å². The molecule has 1 unspecified atom stereocenters. The second kappa shape index (κ2) is 5.25. The Morgan fingerprint density at radius 3 is 2.33 bits per heavy atom. The van der Waals surface area contributed by atoms with E-state index in [4.69, 9.17) is 0 Å². The lowest BCUT2D eigenvalue weighted by Gasteiger charge is -2.20.